The van der Waals surface area contributed by atoms with E-state index in [0.717, 1.165) is 3.57 Å². The zero-order valence-electron chi connectivity index (χ0n) is 6.54. The number of carbonyl (C=O) groups is 1. The fraction of sp³-hybridized carbons (Fsp3) is 0. The van der Waals surface area contributed by atoms with Crippen LogP contribution in [0.4, 0.5) is 0 Å². The SMILES string of the molecule is O=C(/C=C\Br)Oc1ccccc1I. The first-order valence-electron chi connectivity index (χ1n) is 3.47. The molecule has 0 saturated heterocycles. The summed E-state index contributed by atoms with van der Waals surface area (Å²) in [6.45, 7) is 0. The summed E-state index contributed by atoms with van der Waals surface area (Å²) in [5, 5.41) is 0. The van der Waals surface area contributed by atoms with Gasteiger partial charge in [-0.25, -0.2) is 4.79 Å². The monoisotopic (exact) mass is 352 g/mol. The molecule has 0 aromatic heterocycles. The van der Waals surface area contributed by atoms with Crippen molar-refractivity contribution in [1.82, 2.24) is 0 Å². The van der Waals surface area contributed by atoms with Crippen LogP contribution in [0, 0.1) is 3.57 Å². The van der Waals surface area contributed by atoms with Crippen LogP contribution in [0.5, 0.6) is 5.75 Å². The molecule has 1 aromatic carbocycles. The maximum Gasteiger partial charge on any atom is 0.336 e. The van der Waals surface area contributed by atoms with Crippen molar-refractivity contribution in [3.8, 4) is 5.75 Å². The topological polar surface area (TPSA) is 26.3 Å². The quantitative estimate of drug-likeness (QED) is 0.354. The minimum atomic E-state index is -0.388. The lowest BCUT2D eigenvalue weighted by atomic mass is 10.3. The number of hydrogen-bond acceptors (Lipinski definition) is 2. The molecule has 0 heterocycles. The van der Waals surface area contributed by atoms with Gasteiger partial charge in [-0.2, -0.15) is 0 Å². The predicted molar refractivity (Wildman–Crippen MR) is 62.9 cm³/mol. The number of ether oxygens (including phenoxy) is 1. The van der Waals surface area contributed by atoms with Crippen LogP contribution in [0.15, 0.2) is 35.3 Å². The Morgan fingerprint density at radius 2 is 2.15 bits per heavy atom. The van der Waals surface area contributed by atoms with E-state index in [9.17, 15) is 4.79 Å². The van der Waals surface area contributed by atoms with E-state index in [1.165, 1.54) is 11.1 Å². The van der Waals surface area contributed by atoms with Crippen LogP contribution < -0.4 is 4.74 Å². The Kier molecular flexibility index (Phi) is 4.44. The standard InChI is InChI=1S/C9H6BrIO2/c10-6-5-9(12)13-8-4-2-1-3-7(8)11/h1-6H/b6-5-. The second kappa shape index (κ2) is 5.39. The van der Waals surface area contributed by atoms with E-state index in [-0.39, 0.29) is 5.97 Å². The first kappa shape index (κ1) is 10.7. The smallest absolute Gasteiger partial charge is 0.336 e. The van der Waals surface area contributed by atoms with Crippen molar-refractivity contribution in [1.29, 1.82) is 0 Å². The largest absolute Gasteiger partial charge is 0.422 e. The summed E-state index contributed by atoms with van der Waals surface area (Å²) in [5.41, 5.74) is 0. The van der Waals surface area contributed by atoms with E-state index < -0.39 is 0 Å². The molecule has 0 atom stereocenters. The number of esters is 1. The maximum atomic E-state index is 11.0. The Balaban J connectivity index is 2.74. The molecule has 1 rings (SSSR count). The van der Waals surface area contributed by atoms with Gasteiger partial charge in [-0.15, -0.1) is 0 Å². The Hall–Kier alpha value is -0.360. The van der Waals surface area contributed by atoms with E-state index in [0.29, 0.717) is 5.75 Å². The first-order chi connectivity index (χ1) is 6.24. The van der Waals surface area contributed by atoms with Gasteiger partial charge < -0.3 is 4.74 Å². The molecule has 2 nitrogen and oxygen atoms in total. The van der Waals surface area contributed by atoms with Crippen molar-refractivity contribution >= 4 is 44.5 Å². The van der Waals surface area contributed by atoms with Gasteiger partial charge in [0, 0.05) is 6.08 Å². The van der Waals surface area contributed by atoms with Crippen molar-refractivity contribution in [2.24, 2.45) is 0 Å². The zero-order chi connectivity index (χ0) is 9.68. The molecule has 0 aliphatic rings. The summed E-state index contributed by atoms with van der Waals surface area (Å²) in [4.78, 5) is 12.5. The number of benzene rings is 1. The third-order valence-electron chi connectivity index (χ3n) is 1.25. The van der Waals surface area contributed by atoms with Crippen LogP contribution in [0.3, 0.4) is 0 Å². The lowest BCUT2D eigenvalue weighted by molar-refractivity contribution is -0.129. The van der Waals surface area contributed by atoms with E-state index >= 15 is 0 Å². The molecule has 0 bridgehead atoms. The number of hydrogen-bond donors (Lipinski definition) is 0. The van der Waals surface area contributed by atoms with Crippen molar-refractivity contribution < 1.29 is 9.53 Å². The van der Waals surface area contributed by atoms with E-state index in [2.05, 4.69) is 38.5 Å². The highest BCUT2D eigenvalue weighted by atomic mass is 127. The Morgan fingerprint density at radius 1 is 1.46 bits per heavy atom. The molecular formula is C9H6BrIO2. The lowest BCUT2D eigenvalue weighted by Gasteiger charge is -2.02. The Labute approximate surface area is 98.2 Å². The maximum absolute atomic E-state index is 11.0. The van der Waals surface area contributed by atoms with Gasteiger partial charge in [0.15, 0.2) is 0 Å². The second-order valence-corrected chi connectivity index (χ2v) is 3.84. The van der Waals surface area contributed by atoms with Crippen LogP contribution in [-0.4, -0.2) is 5.97 Å². The predicted octanol–water partition coefficient (Wildman–Crippen LogP) is 3.11. The molecule has 0 unspecified atom stereocenters. The minimum Gasteiger partial charge on any atom is -0.422 e. The highest BCUT2D eigenvalue weighted by Crippen LogP contribution is 2.19. The number of rotatable bonds is 2. The summed E-state index contributed by atoms with van der Waals surface area (Å²) in [6.07, 6.45) is 1.31. The summed E-state index contributed by atoms with van der Waals surface area (Å²) < 4.78 is 5.94. The van der Waals surface area contributed by atoms with Crippen molar-refractivity contribution in [2.75, 3.05) is 0 Å². The second-order valence-electron chi connectivity index (χ2n) is 2.14. The van der Waals surface area contributed by atoms with Gasteiger partial charge in [-0.1, -0.05) is 28.1 Å². The molecule has 0 N–H and O–H groups in total. The van der Waals surface area contributed by atoms with Crippen LogP contribution in [-0.2, 0) is 4.79 Å². The zero-order valence-corrected chi connectivity index (χ0v) is 10.3. The van der Waals surface area contributed by atoms with Crippen molar-refractivity contribution in [3.63, 3.8) is 0 Å². The van der Waals surface area contributed by atoms with Gasteiger partial charge in [0.2, 0.25) is 0 Å². The fourth-order valence-corrected chi connectivity index (χ4v) is 1.43. The van der Waals surface area contributed by atoms with Crippen LogP contribution >= 0.6 is 38.5 Å². The molecule has 68 valence electrons. The van der Waals surface area contributed by atoms with Gasteiger partial charge in [0.1, 0.15) is 5.75 Å². The molecule has 0 amide bonds. The highest BCUT2D eigenvalue weighted by molar-refractivity contribution is 14.1. The molecule has 0 radical (unpaired) electrons. The van der Waals surface area contributed by atoms with Crippen molar-refractivity contribution in [3.05, 3.63) is 38.9 Å². The van der Waals surface area contributed by atoms with Gasteiger partial charge >= 0.3 is 5.97 Å². The average molecular weight is 353 g/mol. The fourth-order valence-electron chi connectivity index (χ4n) is 0.721. The molecule has 4 heteroatoms. The number of carbonyl (C=O) groups excluding carboxylic acids is 1. The molecule has 1 aromatic rings. The molecule has 0 spiro atoms. The van der Waals surface area contributed by atoms with Gasteiger partial charge in [-0.3, -0.25) is 0 Å². The molecule has 0 saturated carbocycles. The van der Waals surface area contributed by atoms with Gasteiger partial charge in [-0.05, 0) is 39.7 Å². The van der Waals surface area contributed by atoms with Crippen LogP contribution in [0.1, 0.15) is 0 Å². The van der Waals surface area contributed by atoms with Crippen molar-refractivity contribution in [2.45, 2.75) is 0 Å². The molecular weight excluding hydrogens is 347 g/mol. The lowest BCUT2D eigenvalue weighted by Crippen LogP contribution is -2.04. The third kappa shape index (κ3) is 3.48. The van der Waals surface area contributed by atoms with Gasteiger partial charge in [0.25, 0.3) is 0 Å². The molecule has 0 aliphatic carbocycles. The van der Waals surface area contributed by atoms with Crippen LogP contribution in [0.25, 0.3) is 0 Å². The average Bonchev–Trinajstić information content (AvgIpc) is 2.09. The third-order valence-corrected chi connectivity index (χ3v) is 2.40. The molecule has 0 aliphatic heterocycles. The molecule has 0 fully saturated rings. The number of halogens is 2. The summed E-state index contributed by atoms with van der Waals surface area (Å²) >= 11 is 5.11. The Bertz CT molecular complexity index is 336. The summed E-state index contributed by atoms with van der Waals surface area (Å²) in [5.74, 6) is 0.194. The van der Waals surface area contributed by atoms with Crippen LogP contribution in [0.2, 0.25) is 0 Å². The normalized spacial score (nSPS) is 10.3. The summed E-state index contributed by atoms with van der Waals surface area (Å²) in [6, 6.07) is 7.34. The Morgan fingerprint density at radius 3 is 2.77 bits per heavy atom. The highest BCUT2D eigenvalue weighted by Gasteiger charge is 2.02. The molecule has 13 heavy (non-hydrogen) atoms. The number of para-hydroxylation sites is 1. The van der Waals surface area contributed by atoms with E-state index in [1.807, 2.05) is 18.2 Å². The van der Waals surface area contributed by atoms with Gasteiger partial charge in [0.05, 0.1) is 3.57 Å². The van der Waals surface area contributed by atoms with E-state index in [1.54, 1.807) is 6.07 Å². The summed E-state index contributed by atoms with van der Waals surface area (Å²) in [7, 11) is 0. The van der Waals surface area contributed by atoms with E-state index in [4.69, 9.17) is 4.74 Å². The first-order valence-corrected chi connectivity index (χ1v) is 5.46. The minimum absolute atomic E-state index is 0.388.